The number of anilines is 1. The first-order valence-corrected chi connectivity index (χ1v) is 6.91. The van der Waals surface area contributed by atoms with Gasteiger partial charge in [-0.25, -0.2) is 0 Å². The Balaban J connectivity index is 1.85. The third kappa shape index (κ3) is 2.73. The molecule has 0 radical (unpaired) electrons. The molecule has 1 fully saturated rings. The van der Waals surface area contributed by atoms with Crippen molar-refractivity contribution in [1.82, 2.24) is 0 Å². The molecule has 1 atom stereocenters. The quantitative estimate of drug-likeness (QED) is 0.924. The van der Waals surface area contributed by atoms with Crippen LogP contribution in [0.25, 0.3) is 11.1 Å². The minimum absolute atomic E-state index is 0.0501. The number of amides is 1. The highest BCUT2D eigenvalue weighted by molar-refractivity contribution is 5.98. The van der Waals surface area contributed by atoms with Crippen LogP contribution >= 0.6 is 0 Å². The highest BCUT2D eigenvalue weighted by Gasteiger charge is 2.24. The number of rotatable bonds is 3. The van der Waals surface area contributed by atoms with Crippen molar-refractivity contribution in [3.63, 3.8) is 0 Å². The molecular formula is C17H17NO2. The van der Waals surface area contributed by atoms with Crippen molar-refractivity contribution < 1.29 is 9.53 Å². The largest absolute Gasteiger partial charge is 0.368 e. The summed E-state index contributed by atoms with van der Waals surface area (Å²) in [5.74, 6) is -0.0501. The van der Waals surface area contributed by atoms with E-state index in [2.05, 4.69) is 5.32 Å². The van der Waals surface area contributed by atoms with Crippen LogP contribution in [0.4, 0.5) is 5.69 Å². The zero-order valence-corrected chi connectivity index (χ0v) is 11.2. The van der Waals surface area contributed by atoms with Gasteiger partial charge < -0.3 is 10.1 Å². The van der Waals surface area contributed by atoms with Gasteiger partial charge in [-0.3, -0.25) is 4.79 Å². The first-order chi connectivity index (χ1) is 9.84. The fourth-order valence-corrected chi connectivity index (χ4v) is 2.46. The summed E-state index contributed by atoms with van der Waals surface area (Å²) in [5.41, 5.74) is 2.95. The van der Waals surface area contributed by atoms with Crippen molar-refractivity contribution in [1.29, 1.82) is 0 Å². The Bertz CT molecular complexity index is 589. The molecule has 0 aliphatic carbocycles. The fraction of sp³-hybridized carbons (Fsp3) is 0.235. The Morgan fingerprint density at radius 3 is 2.55 bits per heavy atom. The van der Waals surface area contributed by atoms with Gasteiger partial charge in [-0.1, -0.05) is 48.5 Å². The topological polar surface area (TPSA) is 38.3 Å². The molecule has 0 unspecified atom stereocenters. The van der Waals surface area contributed by atoms with E-state index in [0.717, 1.165) is 29.7 Å². The second kappa shape index (κ2) is 5.88. The highest BCUT2D eigenvalue weighted by atomic mass is 16.5. The molecule has 1 N–H and O–H groups in total. The van der Waals surface area contributed by atoms with E-state index in [1.54, 1.807) is 0 Å². The molecular weight excluding hydrogens is 250 g/mol. The Morgan fingerprint density at radius 1 is 1.05 bits per heavy atom. The summed E-state index contributed by atoms with van der Waals surface area (Å²) in [7, 11) is 0. The van der Waals surface area contributed by atoms with Crippen LogP contribution in [0.3, 0.4) is 0 Å². The van der Waals surface area contributed by atoms with Crippen molar-refractivity contribution in [3.05, 3.63) is 54.6 Å². The van der Waals surface area contributed by atoms with E-state index in [1.807, 2.05) is 54.6 Å². The molecule has 0 saturated carbocycles. The Kier molecular flexibility index (Phi) is 3.79. The molecule has 1 aliphatic rings. The Morgan fingerprint density at radius 2 is 1.80 bits per heavy atom. The second-order valence-electron chi connectivity index (χ2n) is 4.90. The molecule has 0 aromatic heterocycles. The summed E-state index contributed by atoms with van der Waals surface area (Å²) < 4.78 is 5.42. The SMILES string of the molecule is O=C(Nc1ccccc1-c1ccccc1)[C@H]1CCCO1. The first-order valence-electron chi connectivity index (χ1n) is 6.91. The van der Waals surface area contributed by atoms with Gasteiger partial charge >= 0.3 is 0 Å². The summed E-state index contributed by atoms with van der Waals surface area (Å²) >= 11 is 0. The van der Waals surface area contributed by atoms with Crippen LogP contribution in [0.5, 0.6) is 0 Å². The zero-order valence-electron chi connectivity index (χ0n) is 11.2. The van der Waals surface area contributed by atoms with E-state index in [0.29, 0.717) is 6.61 Å². The van der Waals surface area contributed by atoms with Gasteiger partial charge in [-0.15, -0.1) is 0 Å². The molecule has 0 spiro atoms. The zero-order chi connectivity index (χ0) is 13.8. The lowest BCUT2D eigenvalue weighted by atomic mass is 10.0. The van der Waals surface area contributed by atoms with Gasteiger partial charge in [0.2, 0.25) is 0 Å². The van der Waals surface area contributed by atoms with Crippen molar-refractivity contribution in [2.45, 2.75) is 18.9 Å². The fourth-order valence-electron chi connectivity index (χ4n) is 2.46. The minimum Gasteiger partial charge on any atom is -0.368 e. The van der Waals surface area contributed by atoms with E-state index in [4.69, 9.17) is 4.74 Å². The molecule has 0 bridgehead atoms. The predicted molar refractivity (Wildman–Crippen MR) is 79.5 cm³/mol. The first kappa shape index (κ1) is 12.9. The minimum atomic E-state index is -0.307. The van der Waals surface area contributed by atoms with Crippen molar-refractivity contribution in [2.24, 2.45) is 0 Å². The van der Waals surface area contributed by atoms with Crippen LogP contribution in [0.2, 0.25) is 0 Å². The Hall–Kier alpha value is -2.13. The van der Waals surface area contributed by atoms with Crippen LogP contribution in [-0.2, 0) is 9.53 Å². The lowest BCUT2D eigenvalue weighted by Crippen LogP contribution is -2.27. The van der Waals surface area contributed by atoms with E-state index >= 15 is 0 Å². The third-order valence-electron chi connectivity index (χ3n) is 3.49. The van der Waals surface area contributed by atoms with E-state index in [-0.39, 0.29) is 12.0 Å². The van der Waals surface area contributed by atoms with Gasteiger partial charge in [-0.05, 0) is 24.5 Å². The van der Waals surface area contributed by atoms with Gasteiger partial charge in [0.15, 0.2) is 0 Å². The summed E-state index contributed by atoms with van der Waals surface area (Å²) in [6.45, 7) is 0.679. The predicted octanol–water partition coefficient (Wildman–Crippen LogP) is 3.47. The molecule has 3 heteroatoms. The number of hydrogen-bond acceptors (Lipinski definition) is 2. The molecule has 1 heterocycles. The standard InChI is InChI=1S/C17H17NO2/c19-17(16-11-6-12-20-16)18-15-10-5-4-9-14(15)13-7-2-1-3-8-13/h1-5,7-10,16H,6,11-12H2,(H,18,19)/t16-/m1/s1. The van der Waals surface area contributed by atoms with E-state index in [9.17, 15) is 4.79 Å². The maximum absolute atomic E-state index is 12.2. The molecule has 1 saturated heterocycles. The molecule has 3 nitrogen and oxygen atoms in total. The highest BCUT2D eigenvalue weighted by Crippen LogP contribution is 2.28. The second-order valence-corrected chi connectivity index (χ2v) is 4.90. The molecule has 2 aromatic rings. The summed E-state index contributed by atoms with van der Waals surface area (Å²) in [4.78, 5) is 12.2. The van der Waals surface area contributed by atoms with Crippen molar-refractivity contribution in [3.8, 4) is 11.1 Å². The Labute approximate surface area is 118 Å². The summed E-state index contributed by atoms with van der Waals surface area (Å²) in [6.07, 6.45) is 1.46. The van der Waals surface area contributed by atoms with Gasteiger partial charge in [0.25, 0.3) is 5.91 Å². The molecule has 20 heavy (non-hydrogen) atoms. The van der Waals surface area contributed by atoms with Crippen LogP contribution < -0.4 is 5.32 Å². The van der Waals surface area contributed by atoms with Crippen LogP contribution in [0.1, 0.15) is 12.8 Å². The number of carbonyl (C=O) groups excluding carboxylic acids is 1. The van der Waals surface area contributed by atoms with Crippen LogP contribution in [0.15, 0.2) is 54.6 Å². The number of hydrogen-bond donors (Lipinski definition) is 1. The molecule has 3 rings (SSSR count). The maximum atomic E-state index is 12.2. The molecule has 1 aliphatic heterocycles. The monoisotopic (exact) mass is 267 g/mol. The molecule has 2 aromatic carbocycles. The molecule has 102 valence electrons. The van der Waals surface area contributed by atoms with E-state index < -0.39 is 0 Å². The number of ether oxygens (including phenoxy) is 1. The van der Waals surface area contributed by atoms with Gasteiger partial charge in [0, 0.05) is 17.9 Å². The lowest BCUT2D eigenvalue weighted by Gasteiger charge is -2.14. The number of para-hydroxylation sites is 1. The average molecular weight is 267 g/mol. The smallest absolute Gasteiger partial charge is 0.253 e. The maximum Gasteiger partial charge on any atom is 0.253 e. The van der Waals surface area contributed by atoms with Crippen LogP contribution in [-0.4, -0.2) is 18.6 Å². The summed E-state index contributed by atoms with van der Waals surface area (Å²) in [6, 6.07) is 17.9. The van der Waals surface area contributed by atoms with Gasteiger partial charge in [0.1, 0.15) is 6.10 Å². The lowest BCUT2D eigenvalue weighted by molar-refractivity contribution is -0.124. The van der Waals surface area contributed by atoms with E-state index in [1.165, 1.54) is 0 Å². The summed E-state index contributed by atoms with van der Waals surface area (Å²) in [5, 5.41) is 2.99. The number of carbonyl (C=O) groups is 1. The van der Waals surface area contributed by atoms with Crippen molar-refractivity contribution >= 4 is 11.6 Å². The van der Waals surface area contributed by atoms with Gasteiger partial charge in [0.05, 0.1) is 0 Å². The van der Waals surface area contributed by atoms with Gasteiger partial charge in [-0.2, -0.15) is 0 Å². The number of benzene rings is 2. The van der Waals surface area contributed by atoms with Crippen LogP contribution in [0, 0.1) is 0 Å². The van der Waals surface area contributed by atoms with Crippen molar-refractivity contribution in [2.75, 3.05) is 11.9 Å². The third-order valence-corrected chi connectivity index (χ3v) is 3.49. The average Bonchev–Trinajstić information content (AvgIpc) is 3.03. The molecule has 1 amide bonds. The normalized spacial score (nSPS) is 17.9. The number of nitrogens with one attached hydrogen (secondary N) is 1.